The standard InChI is InChI=1S/C17H27N3O17P2/c1-6(22)18-10-13(26)11(24)7(4-21)35-16(10)36-39(31,32)37-38(29,30)33-5-8-12(25)14(27)15(34-8)20-3-2-9(23)19-17(20)28/h2-3,7-8,10-16,21,24-27H,4-5H2,1H3,(H,18,22)(H,29,30)(H,31,32)(H,19,23,28)/p-2/t7-,8-,10-,11+,12-,13-,14-,15-,16?/m1/s1. The molecule has 0 aromatic carbocycles. The number of aromatic amines is 1. The van der Waals surface area contributed by atoms with Crippen molar-refractivity contribution in [3.8, 4) is 0 Å². The largest absolute Gasteiger partial charge is 0.756 e. The second-order valence-corrected chi connectivity index (χ2v) is 11.3. The number of carbonyl (C=O) groups is 1. The zero-order valence-corrected chi connectivity index (χ0v) is 21.5. The minimum Gasteiger partial charge on any atom is -0.756 e. The maximum absolute atomic E-state index is 12.3. The minimum atomic E-state index is -5.94. The number of amides is 1. The third kappa shape index (κ3) is 7.66. The molecule has 2 aliphatic heterocycles. The predicted molar refractivity (Wildman–Crippen MR) is 116 cm³/mol. The van der Waals surface area contributed by atoms with Gasteiger partial charge in [-0.25, -0.2) is 9.11 Å². The average Bonchev–Trinajstić information content (AvgIpc) is 3.10. The summed E-state index contributed by atoms with van der Waals surface area (Å²) in [6.07, 6.45) is -13.4. The van der Waals surface area contributed by atoms with Crippen LogP contribution in [0.5, 0.6) is 0 Å². The van der Waals surface area contributed by atoms with Crippen LogP contribution in [0.2, 0.25) is 0 Å². The van der Waals surface area contributed by atoms with Crippen LogP contribution in [0.4, 0.5) is 0 Å². The molecule has 11 atom stereocenters. The Balaban J connectivity index is 1.66. The lowest BCUT2D eigenvalue weighted by Crippen LogP contribution is -2.64. The number of hydrogen-bond acceptors (Lipinski definition) is 17. The van der Waals surface area contributed by atoms with Gasteiger partial charge in [-0.1, -0.05) is 0 Å². The Kier molecular flexibility index (Phi) is 10.0. The molecular weight excluding hydrogens is 580 g/mol. The molecule has 0 aliphatic carbocycles. The van der Waals surface area contributed by atoms with Gasteiger partial charge in [-0.05, 0) is 0 Å². The molecule has 20 nitrogen and oxygen atoms in total. The van der Waals surface area contributed by atoms with Crippen molar-refractivity contribution in [1.82, 2.24) is 14.9 Å². The molecule has 1 aromatic rings. The zero-order valence-electron chi connectivity index (χ0n) is 19.7. The van der Waals surface area contributed by atoms with Crippen LogP contribution in [0.3, 0.4) is 0 Å². The third-order valence-electron chi connectivity index (χ3n) is 5.54. The average molecular weight is 605 g/mol. The molecule has 1 aromatic heterocycles. The monoisotopic (exact) mass is 605 g/mol. The molecule has 1 amide bonds. The summed E-state index contributed by atoms with van der Waals surface area (Å²) in [4.78, 5) is 60.9. The highest BCUT2D eigenvalue weighted by Gasteiger charge is 2.47. The van der Waals surface area contributed by atoms with Crippen LogP contribution < -0.4 is 26.4 Å². The van der Waals surface area contributed by atoms with Gasteiger partial charge in [0.2, 0.25) is 5.91 Å². The van der Waals surface area contributed by atoms with E-state index in [9.17, 15) is 58.8 Å². The van der Waals surface area contributed by atoms with Gasteiger partial charge < -0.3 is 54.6 Å². The molecule has 3 rings (SSSR count). The number of nitrogens with one attached hydrogen (secondary N) is 2. The fourth-order valence-corrected chi connectivity index (χ4v) is 5.83. The van der Waals surface area contributed by atoms with Crippen LogP contribution in [-0.2, 0) is 36.8 Å². The molecule has 0 saturated carbocycles. The van der Waals surface area contributed by atoms with E-state index in [4.69, 9.17) is 9.47 Å². The lowest BCUT2D eigenvalue weighted by molar-refractivity contribution is -0.285. The minimum absolute atomic E-state index is 0.697. The number of carbonyl (C=O) groups excluding carboxylic acids is 1. The highest BCUT2D eigenvalue weighted by atomic mass is 31.3. The second-order valence-electron chi connectivity index (χ2n) is 8.37. The first kappa shape index (κ1) is 31.7. The summed E-state index contributed by atoms with van der Waals surface area (Å²) in [5, 5.41) is 51.7. The van der Waals surface area contributed by atoms with Crippen molar-refractivity contribution in [2.75, 3.05) is 13.2 Å². The molecule has 2 aliphatic rings. The first-order valence-electron chi connectivity index (χ1n) is 10.9. The summed E-state index contributed by atoms with van der Waals surface area (Å²) >= 11 is 0. The van der Waals surface area contributed by atoms with Gasteiger partial charge in [0, 0.05) is 19.2 Å². The number of aromatic nitrogens is 2. The number of rotatable bonds is 10. The van der Waals surface area contributed by atoms with Crippen molar-refractivity contribution >= 4 is 21.6 Å². The Hall–Kier alpha value is -1.87. The number of hydrogen-bond donors (Lipinski definition) is 7. The van der Waals surface area contributed by atoms with Gasteiger partial charge >= 0.3 is 5.69 Å². The molecule has 7 N–H and O–H groups in total. The topological polar surface area (TPSA) is 312 Å². The van der Waals surface area contributed by atoms with Crippen LogP contribution in [0, 0.1) is 0 Å². The lowest BCUT2D eigenvalue weighted by Gasteiger charge is -2.44. The molecule has 2 fully saturated rings. The van der Waals surface area contributed by atoms with E-state index in [0.717, 1.165) is 19.2 Å². The highest BCUT2D eigenvalue weighted by molar-refractivity contribution is 7.59. The fourth-order valence-electron chi connectivity index (χ4n) is 3.74. The summed E-state index contributed by atoms with van der Waals surface area (Å²) in [5.41, 5.74) is -1.79. The van der Waals surface area contributed by atoms with Gasteiger partial charge in [-0.3, -0.25) is 32.8 Å². The molecule has 22 heteroatoms. The first-order valence-corrected chi connectivity index (χ1v) is 13.9. The van der Waals surface area contributed by atoms with Crippen LogP contribution in [0.15, 0.2) is 21.9 Å². The van der Waals surface area contributed by atoms with Crippen LogP contribution in [0.1, 0.15) is 13.2 Å². The van der Waals surface area contributed by atoms with Crippen molar-refractivity contribution in [3.63, 3.8) is 0 Å². The van der Waals surface area contributed by atoms with Crippen molar-refractivity contribution in [2.24, 2.45) is 0 Å². The maximum Gasteiger partial charge on any atom is 0.330 e. The molecule has 0 spiro atoms. The quantitative estimate of drug-likeness (QED) is 0.122. The van der Waals surface area contributed by atoms with Gasteiger partial charge in [-0.2, -0.15) is 0 Å². The first-order chi connectivity index (χ1) is 18.0. The Morgan fingerprint density at radius 3 is 2.31 bits per heavy atom. The van der Waals surface area contributed by atoms with Crippen LogP contribution in [-0.4, -0.2) is 103 Å². The number of ether oxygens (including phenoxy) is 2. The molecule has 2 saturated heterocycles. The van der Waals surface area contributed by atoms with E-state index in [1.54, 1.807) is 0 Å². The third-order valence-corrected chi connectivity index (χ3v) is 8.07. The molecule has 3 heterocycles. The van der Waals surface area contributed by atoms with E-state index in [1.165, 1.54) is 0 Å². The molecule has 0 bridgehead atoms. The molecule has 39 heavy (non-hydrogen) atoms. The van der Waals surface area contributed by atoms with E-state index in [2.05, 4.69) is 18.7 Å². The Morgan fingerprint density at radius 2 is 1.72 bits per heavy atom. The Bertz CT molecular complexity index is 1240. The Morgan fingerprint density at radius 1 is 1.08 bits per heavy atom. The molecular formula is C17H25N3O17P2-2. The molecule has 0 radical (unpaired) electrons. The SMILES string of the molecule is CC(=O)N[C@H]1C(OP(=O)([O-])OP(=O)([O-])OC[C@H]2O[C@@H](n3ccc(=O)[nH]c3=O)[C@H](O)[C@@H]2O)O[C@H](CO)[C@H](O)[C@@H]1O. The number of nitrogens with zero attached hydrogens (tertiary/aromatic N) is 1. The summed E-state index contributed by atoms with van der Waals surface area (Å²) in [7, 11) is -11.8. The normalized spacial score (nSPS) is 36.2. The number of aliphatic hydroxyl groups excluding tert-OH is 5. The summed E-state index contributed by atoms with van der Waals surface area (Å²) < 4.78 is 48.2. The van der Waals surface area contributed by atoms with Gasteiger partial charge in [0.15, 0.2) is 12.5 Å². The predicted octanol–water partition coefficient (Wildman–Crippen LogP) is -5.91. The maximum atomic E-state index is 12.3. The van der Waals surface area contributed by atoms with Crippen LogP contribution >= 0.6 is 15.6 Å². The number of H-pyrrole nitrogens is 1. The van der Waals surface area contributed by atoms with E-state index < -0.39 is 101 Å². The van der Waals surface area contributed by atoms with Gasteiger partial charge in [0.05, 0.1) is 13.2 Å². The summed E-state index contributed by atoms with van der Waals surface area (Å²) in [5.74, 6) is -0.829. The van der Waals surface area contributed by atoms with E-state index in [1.807, 2.05) is 4.98 Å². The van der Waals surface area contributed by atoms with Gasteiger partial charge in [0.25, 0.3) is 21.2 Å². The van der Waals surface area contributed by atoms with Crippen molar-refractivity contribution in [2.45, 2.75) is 62.1 Å². The number of phosphoric ester groups is 2. The van der Waals surface area contributed by atoms with Crippen molar-refractivity contribution < 1.29 is 72.1 Å². The fraction of sp³-hybridized carbons (Fsp3) is 0.706. The van der Waals surface area contributed by atoms with Crippen molar-refractivity contribution in [3.05, 3.63) is 33.1 Å². The van der Waals surface area contributed by atoms with Gasteiger partial charge in [0.1, 0.15) is 42.7 Å². The lowest BCUT2D eigenvalue weighted by atomic mass is 9.97. The number of phosphoric acid groups is 2. The van der Waals surface area contributed by atoms with E-state index >= 15 is 0 Å². The Labute approximate surface area is 217 Å². The summed E-state index contributed by atoms with van der Waals surface area (Å²) in [6.45, 7) is -1.09. The summed E-state index contributed by atoms with van der Waals surface area (Å²) in [6, 6.07) is -0.844. The molecule has 3 unspecified atom stereocenters. The van der Waals surface area contributed by atoms with E-state index in [-0.39, 0.29) is 0 Å². The van der Waals surface area contributed by atoms with Crippen LogP contribution in [0.25, 0.3) is 0 Å². The highest BCUT2D eigenvalue weighted by Crippen LogP contribution is 2.57. The van der Waals surface area contributed by atoms with Gasteiger partial charge in [-0.15, -0.1) is 0 Å². The zero-order chi connectivity index (χ0) is 29.3. The van der Waals surface area contributed by atoms with E-state index in [0.29, 0.717) is 4.57 Å². The second kappa shape index (κ2) is 12.3. The van der Waals surface area contributed by atoms with Crippen molar-refractivity contribution in [1.29, 1.82) is 0 Å². The molecule has 222 valence electrons. The number of aliphatic hydroxyl groups is 5. The smallest absolute Gasteiger partial charge is 0.330 e.